The summed E-state index contributed by atoms with van der Waals surface area (Å²) in [6, 6.07) is 0. The highest BCUT2D eigenvalue weighted by atomic mass is 16.3. The van der Waals surface area contributed by atoms with Crippen LogP contribution in [-0.2, 0) is 0 Å². The maximum atomic E-state index is 10.8. The Labute approximate surface area is 107 Å². The van der Waals surface area contributed by atoms with Crippen LogP contribution in [0.4, 0.5) is 0 Å². The molecular weight excluding hydrogens is 210 g/mol. The van der Waals surface area contributed by atoms with Gasteiger partial charge in [-0.05, 0) is 44.4 Å². The SMILES string of the molecule is CCCC1CCC(CN)(C(O)(CC)CC)CC1. The average molecular weight is 241 g/mol. The molecule has 1 rings (SSSR count). The Bertz CT molecular complexity index is 215. The van der Waals surface area contributed by atoms with Gasteiger partial charge >= 0.3 is 0 Å². The predicted octanol–water partition coefficient (Wildman–Crippen LogP) is 3.47. The normalized spacial score (nSPS) is 30.5. The summed E-state index contributed by atoms with van der Waals surface area (Å²) in [5.74, 6) is 0.873. The van der Waals surface area contributed by atoms with E-state index in [1.807, 2.05) is 0 Å². The Morgan fingerprint density at radius 2 is 1.71 bits per heavy atom. The molecule has 2 nitrogen and oxygen atoms in total. The van der Waals surface area contributed by atoms with E-state index < -0.39 is 5.60 Å². The zero-order valence-electron chi connectivity index (χ0n) is 12.0. The van der Waals surface area contributed by atoms with E-state index in [4.69, 9.17) is 5.73 Å². The number of hydrogen-bond acceptors (Lipinski definition) is 2. The van der Waals surface area contributed by atoms with Crippen LogP contribution in [0.1, 0.15) is 72.1 Å². The summed E-state index contributed by atoms with van der Waals surface area (Å²) in [5.41, 5.74) is 5.48. The molecule has 0 aromatic carbocycles. The second-order valence-electron chi connectivity index (χ2n) is 5.96. The summed E-state index contributed by atoms with van der Waals surface area (Å²) in [6.45, 7) is 7.10. The molecule has 1 saturated carbocycles. The van der Waals surface area contributed by atoms with Gasteiger partial charge in [0, 0.05) is 12.0 Å². The second kappa shape index (κ2) is 6.19. The van der Waals surface area contributed by atoms with Gasteiger partial charge in [-0.1, -0.05) is 33.6 Å². The van der Waals surface area contributed by atoms with E-state index in [-0.39, 0.29) is 5.41 Å². The average Bonchev–Trinajstić information content (AvgIpc) is 2.39. The van der Waals surface area contributed by atoms with Gasteiger partial charge in [0.2, 0.25) is 0 Å². The molecule has 0 aromatic heterocycles. The molecule has 0 amide bonds. The van der Waals surface area contributed by atoms with Crippen LogP contribution in [0.25, 0.3) is 0 Å². The van der Waals surface area contributed by atoms with Crippen LogP contribution in [0.3, 0.4) is 0 Å². The van der Waals surface area contributed by atoms with Gasteiger partial charge in [0.1, 0.15) is 0 Å². The van der Waals surface area contributed by atoms with Crippen LogP contribution < -0.4 is 5.73 Å². The molecule has 1 aliphatic carbocycles. The molecule has 0 unspecified atom stereocenters. The van der Waals surface area contributed by atoms with Crippen molar-refractivity contribution in [2.75, 3.05) is 6.54 Å². The van der Waals surface area contributed by atoms with Crippen molar-refractivity contribution in [3.63, 3.8) is 0 Å². The minimum absolute atomic E-state index is 0.0132. The van der Waals surface area contributed by atoms with Crippen molar-refractivity contribution in [2.24, 2.45) is 17.1 Å². The Morgan fingerprint density at radius 1 is 1.18 bits per heavy atom. The molecule has 0 spiro atoms. The first-order chi connectivity index (χ1) is 8.07. The lowest BCUT2D eigenvalue weighted by Gasteiger charge is -2.50. The first-order valence-corrected chi connectivity index (χ1v) is 7.50. The Balaban J connectivity index is 2.72. The van der Waals surface area contributed by atoms with Crippen LogP contribution in [-0.4, -0.2) is 17.3 Å². The smallest absolute Gasteiger partial charge is 0.0710 e. The van der Waals surface area contributed by atoms with E-state index in [9.17, 15) is 5.11 Å². The number of hydrogen-bond donors (Lipinski definition) is 2. The van der Waals surface area contributed by atoms with Gasteiger partial charge in [0.25, 0.3) is 0 Å². The minimum Gasteiger partial charge on any atom is -0.389 e. The molecular formula is C15H31NO. The Hall–Kier alpha value is -0.0800. The number of aliphatic hydroxyl groups is 1. The topological polar surface area (TPSA) is 46.2 Å². The summed E-state index contributed by atoms with van der Waals surface area (Å²) in [4.78, 5) is 0. The molecule has 0 bridgehead atoms. The zero-order valence-corrected chi connectivity index (χ0v) is 12.0. The molecule has 1 aliphatic rings. The molecule has 0 aliphatic heterocycles. The summed E-state index contributed by atoms with van der Waals surface area (Å²) >= 11 is 0. The highest BCUT2D eigenvalue weighted by Crippen LogP contribution is 2.49. The van der Waals surface area contributed by atoms with E-state index in [0.29, 0.717) is 6.54 Å². The van der Waals surface area contributed by atoms with Crippen molar-refractivity contribution < 1.29 is 5.11 Å². The van der Waals surface area contributed by atoms with Gasteiger partial charge in [0.05, 0.1) is 5.60 Å². The third kappa shape index (κ3) is 2.85. The lowest BCUT2D eigenvalue weighted by molar-refractivity contribution is -0.110. The van der Waals surface area contributed by atoms with Crippen LogP contribution in [0, 0.1) is 11.3 Å². The third-order valence-corrected chi connectivity index (χ3v) is 5.31. The van der Waals surface area contributed by atoms with E-state index in [2.05, 4.69) is 20.8 Å². The maximum Gasteiger partial charge on any atom is 0.0710 e. The Kier molecular flexibility index (Phi) is 5.46. The second-order valence-corrected chi connectivity index (χ2v) is 5.96. The third-order valence-electron chi connectivity index (χ3n) is 5.31. The zero-order chi connectivity index (χ0) is 12.9. The van der Waals surface area contributed by atoms with Crippen LogP contribution in [0.15, 0.2) is 0 Å². The maximum absolute atomic E-state index is 10.8. The van der Waals surface area contributed by atoms with Gasteiger partial charge in [-0.15, -0.1) is 0 Å². The van der Waals surface area contributed by atoms with Crippen molar-refractivity contribution in [2.45, 2.75) is 77.7 Å². The lowest BCUT2D eigenvalue weighted by atomic mass is 9.59. The molecule has 0 saturated heterocycles. The van der Waals surface area contributed by atoms with Crippen molar-refractivity contribution >= 4 is 0 Å². The van der Waals surface area contributed by atoms with E-state index >= 15 is 0 Å². The lowest BCUT2D eigenvalue weighted by Crippen LogP contribution is -2.53. The summed E-state index contributed by atoms with van der Waals surface area (Å²) in [7, 11) is 0. The van der Waals surface area contributed by atoms with Gasteiger partial charge in [-0.2, -0.15) is 0 Å². The highest BCUT2D eigenvalue weighted by Gasteiger charge is 2.48. The van der Waals surface area contributed by atoms with Gasteiger partial charge in [-0.25, -0.2) is 0 Å². The monoisotopic (exact) mass is 241 g/mol. The standard InChI is InChI=1S/C15H31NO/c1-4-7-13-8-10-14(12-16,11-9-13)15(17,5-2)6-3/h13,17H,4-12,16H2,1-3H3. The van der Waals surface area contributed by atoms with E-state index in [0.717, 1.165) is 31.6 Å². The van der Waals surface area contributed by atoms with E-state index in [1.54, 1.807) is 0 Å². The summed E-state index contributed by atoms with van der Waals surface area (Å²) in [6.07, 6.45) is 9.04. The molecule has 102 valence electrons. The van der Waals surface area contributed by atoms with Crippen LogP contribution in [0.5, 0.6) is 0 Å². The van der Waals surface area contributed by atoms with E-state index in [1.165, 1.54) is 25.7 Å². The van der Waals surface area contributed by atoms with Gasteiger partial charge < -0.3 is 10.8 Å². The molecule has 3 N–H and O–H groups in total. The quantitative estimate of drug-likeness (QED) is 0.748. The highest BCUT2D eigenvalue weighted by molar-refractivity contribution is 5.00. The molecule has 1 fully saturated rings. The molecule has 17 heavy (non-hydrogen) atoms. The molecule has 0 heterocycles. The fourth-order valence-corrected chi connectivity index (χ4v) is 3.79. The molecule has 0 atom stereocenters. The van der Waals surface area contributed by atoms with Gasteiger partial charge in [-0.3, -0.25) is 0 Å². The van der Waals surface area contributed by atoms with Crippen molar-refractivity contribution in [1.29, 1.82) is 0 Å². The molecule has 0 radical (unpaired) electrons. The van der Waals surface area contributed by atoms with Gasteiger partial charge in [0.15, 0.2) is 0 Å². The summed E-state index contributed by atoms with van der Waals surface area (Å²) < 4.78 is 0. The number of nitrogens with two attached hydrogens (primary N) is 1. The van der Waals surface area contributed by atoms with Crippen molar-refractivity contribution in [1.82, 2.24) is 0 Å². The van der Waals surface area contributed by atoms with Crippen molar-refractivity contribution in [3.05, 3.63) is 0 Å². The predicted molar refractivity (Wildman–Crippen MR) is 73.9 cm³/mol. The minimum atomic E-state index is -0.543. The largest absolute Gasteiger partial charge is 0.389 e. The number of rotatable bonds is 6. The van der Waals surface area contributed by atoms with Crippen LogP contribution >= 0.6 is 0 Å². The molecule has 0 aromatic rings. The molecule has 2 heteroatoms. The first-order valence-electron chi connectivity index (χ1n) is 7.50. The van der Waals surface area contributed by atoms with Crippen molar-refractivity contribution in [3.8, 4) is 0 Å². The fraction of sp³-hybridized carbons (Fsp3) is 1.00. The fourth-order valence-electron chi connectivity index (χ4n) is 3.79. The summed E-state index contributed by atoms with van der Waals surface area (Å²) in [5, 5.41) is 10.8. The Morgan fingerprint density at radius 3 is 2.06 bits per heavy atom. The van der Waals surface area contributed by atoms with Crippen LogP contribution in [0.2, 0.25) is 0 Å². The first kappa shape index (κ1) is 15.0.